The van der Waals surface area contributed by atoms with Crippen LogP contribution in [0.3, 0.4) is 0 Å². The van der Waals surface area contributed by atoms with E-state index in [1.54, 1.807) is 14.0 Å². The number of rotatable bonds is 4. The Morgan fingerprint density at radius 1 is 1.29 bits per heavy atom. The molecule has 5 nitrogen and oxygen atoms in total. The van der Waals surface area contributed by atoms with E-state index in [9.17, 15) is 12.8 Å². The summed E-state index contributed by atoms with van der Waals surface area (Å²) in [6.45, 7) is 1.60. The Morgan fingerprint density at radius 2 is 2.00 bits per heavy atom. The smallest absolute Gasteiger partial charge is 0.265 e. The monoisotopic (exact) mass is 373 g/mol. The molecule has 2 N–H and O–H groups in total. The van der Waals surface area contributed by atoms with Crippen LogP contribution in [0, 0.1) is 12.7 Å². The molecule has 2 rings (SSSR count). The second kappa shape index (κ2) is 5.98. The van der Waals surface area contributed by atoms with Gasteiger partial charge >= 0.3 is 0 Å². The Hall–Kier alpha value is -1.67. The van der Waals surface area contributed by atoms with Crippen molar-refractivity contribution in [1.82, 2.24) is 4.98 Å². The van der Waals surface area contributed by atoms with Crippen LogP contribution >= 0.6 is 15.9 Å². The first-order valence-corrected chi connectivity index (χ1v) is 8.23. The molecule has 0 bridgehead atoms. The molecule has 0 fully saturated rings. The molecule has 1 aromatic carbocycles. The van der Waals surface area contributed by atoms with Gasteiger partial charge in [0.05, 0.1) is 5.69 Å². The highest BCUT2D eigenvalue weighted by molar-refractivity contribution is 9.10. The zero-order valence-electron chi connectivity index (χ0n) is 11.3. The fraction of sp³-hybridized carbons (Fsp3) is 0.154. The van der Waals surface area contributed by atoms with E-state index in [0.717, 1.165) is 6.07 Å². The number of aryl methyl sites for hydroxylation is 1. The molecule has 0 spiro atoms. The summed E-state index contributed by atoms with van der Waals surface area (Å²) in [5.74, 6) is -0.269. The average molecular weight is 374 g/mol. The molecule has 0 saturated carbocycles. The highest BCUT2D eigenvalue weighted by Crippen LogP contribution is 2.25. The molecule has 0 amide bonds. The molecule has 2 aromatic rings. The first kappa shape index (κ1) is 15.7. The number of aromatic nitrogens is 1. The molecule has 1 aromatic heterocycles. The van der Waals surface area contributed by atoms with Crippen LogP contribution < -0.4 is 10.0 Å². The summed E-state index contributed by atoms with van der Waals surface area (Å²) in [4.78, 5) is 3.96. The quantitative estimate of drug-likeness (QED) is 0.863. The number of benzene rings is 1. The van der Waals surface area contributed by atoms with E-state index in [-0.39, 0.29) is 16.4 Å². The summed E-state index contributed by atoms with van der Waals surface area (Å²) in [6.07, 6.45) is 1.48. The van der Waals surface area contributed by atoms with Gasteiger partial charge in [-0.3, -0.25) is 4.72 Å². The van der Waals surface area contributed by atoms with Gasteiger partial charge in [0.15, 0.2) is 0 Å². The summed E-state index contributed by atoms with van der Waals surface area (Å²) in [5.41, 5.74) is 0.595. The van der Waals surface area contributed by atoms with Crippen molar-refractivity contribution >= 4 is 37.5 Å². The van der Waals surface area contributed by atoms with Crippen molar-refractivity contribution < 1.29 is 12.8 Å². The molecule has 0 unspecified atom stereocenters. The van der Waals surface area contributed by atoms with Gasteiger partial charge < -0.3 is 5.32 Å². The van der Waals surface area contributed by atoms with Gasteiger partial charge in [-0.1, -0.05) is 6.07 Å². The number of sulfonamides is 1. The Balaban J connectivity index is 2.42. The van der Waals surface area contributed by atoms with Crippen molar-refractivity contribution in [3.63, 3.8) is 0 Å². The second-order valence-corrected chi connectivity index (χ2v) is 6.89. The molecule has 8 heteroatoms. The van der Waals surface area contributed by atoms with E-state index in [2.05, 4.69) is 31.0 Å². The minimum atomic E-state index is -3.88. The van der Waals surface area contributed by atoms with E-state index in [4.69, 9.17) is 0 Å². The van der Waals surface area contributed by atoms with E-state index < -0.39 is 15.8 Å². The molecule has 0 aliphatic carbocycles. The predicted octanol–water partition coefficient (Wildman–Crippen LogP) is 3.13. The summed E-state index contributed by atoms with van der Waals surface area (Å²) < 4.78 is 41.2. The molecule has 0 aliphatic heterocycles. The molecule has 1 heterocycles. The molecular weight excluding hydrogens is 361 g/mol. The highest BCUT2D eigenvalue weighted by atomic mass is 79.9. The van der Waals surface area contributed by atoms with Crippen LogP contribution in [0.5, 0.6) is 0 Å². The van der Waals surface area contributed by atoms with Crippen molar-refractivity contribution in [3.05, 3.63) is 46.3 Å². The zero-order chi connectivity index (χ0) is 15.6. The van der Waals surface area contributed by atoms with E-state index in [0.29, 0.717) is 10.0 Å². The van der Waals surface area contributed by atoms with Crippen LogP contribution in [0.25, 0.3) is 0 Å². The third-order valence-electron chi connectivity index (χ3n) is 2.77. The lowest BCUT2D eigenvalue weighted by molar-refractivity contribution is 0.601. The Labute approximate surface area is 130 Å². The minimum Gasteiger partial charge on any atom is -0.372 e. The highest BCUT2D eigenvalue weighted by Gasteiger charge is 2.20. The fourth-order valence-electron chi connectivity index (χ4n) is 1.68. The van der Waals surface area contributed by atoms with Crippen molar-refractivity contribution in [2.45, 2.75) is 11.8 Å². The van der Waals surface area contributed by atoms with Gasteiger partial charge in [-0.25, -0.2) is 17.8 Å². The number of nitrogens with one attached hydrogen (secondary N) is 2. The standard InChI is InChI=1S/C13H13BrFN3O2S/c1-8-3-4-10(6-11(8)15)18-21(19,20)12-5-9(14)7-17-13(12)16-2/h3-7,18H,1-2H3,(H,16,17). The molecule has 21 heavy (non-hydrogen) atoms. The summed E-state index contributed by atoms with van der Waals surface area (Å²) >= 11 is 3.18. The lowest BCUT2D eigenvalue weighted by Gasteiger charge is -2.12. The Bertz CT molecular complexity index is 781. The third-order valence-corrected chi connectivity index (χ3v) is 4.60. The van der Waals surface area contributed by atoms with Crippen LogP contribution in [0.4, 0.5) is 15.9 Å². The summed E-state index contributed by atoms with van der Waals surface area (Å²) in [6, 6.07) is 5.56. The minimum absolute atomic E-state index is 0.0274. The molecular formula is C13H13BrFN3O2S. The van der Waals surface area contributed by atoms with Crippen LogP contribution in [0.2, 0.25) is 0 Å². The SMILES string of the molecule is CNc1ncc(Br)cc1S(=O)(=O)Nc1ccc(C)c(F)c1. The van der Waals surface area contributed by atoms with Crippen LogP contribution in [0.15, 0.2) is 39.8 Å². The van der Waals surface area contributed by atoms with Gasteiger partial charge in [0, 0.05) is 17.7 Å². The van der Waals surface area contributed by atoms with E-state index in [1.165, 1.54) is 24.4 Å². The predicted molar refractivity (Wildman–Crippen MR) is 83.4 cm³/mol. The molecule has 0 aliphatic rings. The molecule has 0 atom stereocenters. The lowest BCUT2D eigenvalue weighted by Crippen LogP contribution is -2.15. The maximum Gasteiger partial charge on any atom is 0.265 e. The number of hydrogen-bond donors (Lipinski definition) is 2. The normalized spacial score (nSPS) is 11.2. The number of nitrogens with zero attached hydrogens (tertiary/aromatic N) is 1. The largest absolute Gasteiger partial charge is 0.372 e. The van der Waals surface area contributed by atoms with Crippen molar-refractivity contribution in [2.75, 3.05) is 17.1 Å². The van der Waals surface area contributed by atoms with Crippen LogP contribution in [-0.2, 0) is 10.0 Å². The van der Waals surface area contributed by atoms with Gasteiger partial charge in [0.2, 0.25) is 0 Å². The zero-order valence-corrected chi connectivity index (χ0v) is 13.7. The van der Waals surface area contributed by atoms with Gasteiger partial charge in [0.25, 0.3) is 10.0 Å². The number of hydrogen-bond acceptors (Lipinski definition) is 4. The first-order chi connectivity index (χ1) is 9.83. The van der Waals surface area contributed by atoms with Gasteiger partial charge in [-0.2, -0.15) is 0 Å². The molecule has 0 saturated heterocycles. The van der Waals surface area contributed by atoms with Crippen molar-refractivity contribution in [1.29, 1.82) is 0 Å². The van der Waals surface area contributed by atoms with Crippen molar-refractivity contribution in [3.8, 4) is 0 Å². The van der Waals surface area contributed by atoms with Gasteiger partial charge in [0.1, 0.15) is 16.5 Å². The maximum atomic E-state index is 13.5. The number of pyridine rings is 1. The van der Waals surface area contributed by atoms with Gasteiger partial charge in [-0.15, -0.1) is 0 Å². The fourth-order valence-corrected chi connectivity index (χ4v) is 3.40. The molecule has 112 valence electrons. The second-order valence-electron chi connectivity index (χ2n) is 4.32. The number of anilines is 2. The topological polar surface area (TPSA) is 71.1 Å². The summed E-state index contributed by atoms with van der Waals surface area (Å²) in [5, 5.41) is 2.71. The van der Waals surface area contributed by atoms with E-state index in [1.807, 2.05) is 0 Å². The first-order valence-electron chi connectivity index (χ1n) is 5.96. The average Bonchev–Trinajstić information content (AvgIpc) is 2.42. The van der Waals surface area contributed by atoms with Crippen molar-refractivity contribution in [2.24, 2.45) is 0 Å². The Kier molecular flexibility index (Phi) is 4.48. The van der Waals surface area contributed by atoms with Crippen LogP contribution in [-0.4, -0.2) is 20.4 Å². The third kappa shape index (κ3) is 3.51. The Morgan fingerprint density at radius 3 is 2.62 bits per heavy atom. The van der Waals surface area contributed by atoms with Crippen LogP contribution in [0.1, 0.15) is 5.56 Å². The summed E-state index contributed by atoms with van der Waals surface area (Å²) in [7, 11) is -2.31. The van der Waals surface area contributed by atoms with Gasteiger partial charge in [-0.05, 0) is 46.6 Å². The molecule has 0 radical (unpaired) electrons. The lowest BCUT2D eigenvalue weighted by atomic mass is 10.2. The maximum absolute atomic E-state index is 13.5. The number of halogens is 2. The van der Waals surface area contributed by atoms with E-state index >= 15 is 0 Å².